The van der Waals surface area contributed by atoms with E-state index in [0.717, 1.165) is 106 Å². The summed E-state index contributed by atoms with van der Waals surface area (Å²) < 4.78 is 11.7. The highest BCUT2D eigenvalue weighted by Crippen LogP contribution is 2.62. The fourth-order valence-electron chi connectivity index (χ4n) is 11.1. The van der Waals surface area contributed by atoms with E-state index >= 15 is 0 Å². The van der Waals surface area contributed by atoms with Crippen LogP contribution in [0.5, 0.6) is 11.5 Å². The van der Waals surface area contributed by atoms with Gasteiger partial charge in [-0.1, -0.05) is 97.1 Å². The molecule has 0 unspecified atom stereocenters. The van der Waals surface area contributed by atoms with Crippen LogP contribution in [0.1, 0.15) is 27.8 Å². The van der Waals surface area contributed by atoms with Crippen molar-refractivity contribution >= 4 is 43.6 Å². The Morgan fingerprint density at radius 2 is 0.909 bits per heavy atom. The van der Waals surface area contributed by atoms with Crippen molar-refractivity contribution in [3.63, 3.8) is 0 Å². The second kappa shape index (κ2) is 13.7. The fourth-order valence-corrected chi connectivity index (χ4v) is 11.1. The lowest BCUT2D eigenvalue weighted by Gasteiger charge is -2.39. The molecule has 1 spiro atoms. The summed E-state index contributed by atoms with van der Waals surface area (Å²) in [6.07, 6.45) is 3.72. The molecule has 0 amide bonds. The maximum absolute atomic E-state index is 9.95. The predicted octanol–water partition coefficient (Wildman–Crippen LogP) is 14.3. The highest BCUT2D eigenvalue weighted by Gasteiger charge is 2.52. The van der Waals surface area contributed by atoms with Crippen LogP contribution in [0.25, 0.3) is 88.6 Å². The van der Waals surface area contributed by atoms with E-state index in [1.165, 1.54) is 16.3 Å². The lowest BCUT2D eigenvalue weighted by molar-refractivity contribution is 0.436. The van der Waals surface area contributed by atoms with Crippen molar-refractivity contribution in [2.24, 2.45) is 0 Å². The van der Waals surface area contributed by atoms with Gasteiger partial charge in [0.15, 0.2) is 0 Å². The molecule has 14 rings (SSSR count). The van der Waals surface area contributed by atoms with Crippen LogP contribution >= 0.6 is 0 Å². The molecule has 0 saturated heterocycles. The van der Waals surface area contributed by atoms with Gasteiger partial charge in [0, 0.05) is 56.4 Å². The topological polar surface area (TPSA) is 68.7 Å². The molecule has 2 aliphatic rings. The van der Waals surface area contributed by atoms with Crippen molar-refractivity contribution in [3.8, 4) is 62.6 Å². The van der Waals surface area contributed by atoms with E-state index in [0.29, 0.717) is 5.56 Å². The molecule has 1 aliphatic carbocycles. The van der Waals surface area contributed by atoms with Crippen molar-refractivity contribution in [1.29, 1.82) is 5.26 Å². The minimum absolute atomic E-state index is 0.631. The van der Waals surface area contributed by atoms with Crippen molar-refractivity contribution < 1.29 is 4.74 Å². The van der Waals surface area contributed by atoms with E-state index < -0.39 is 5.41 Å². The average molecular weight is 842 g/mol. The van der Waals surface area contributed by atoms with Gasteiger partial charge in [0.1, 0.15) is 11.5 Å². The standard InChI is InChI=1S/C60H35N5O/c61-36-37-19-25-53-45(31-37)47-33-38(21-27-55(47)65(53)43-13-5-2-6-14-43)40-23-28-56-51(34-40)60(49-16-9-29-62-58(49)59-50(60)17-10-30-63-59)48-24-20-41(35-57(48)66-56)39-22-26-54-46(32-39)44-15-7-8-18-52(44)64(54)42-11-3-1-4-12-42/h1-35H. The molecule has 0 radical (unpaired) electrons. The molecule has 0 saturated carbocycles. The summed E-state index contributed by atoms with van der Waals surface area (Å²) in [7, 11) is 0. The first-order valence-corrected chi connectivity index (χ1v) is 22.2. The molecule has 0 N–H and O–H groups in total. The minimum atomic E-state index is -0.757. The Bertz CT molecular complexity index is 4000. The number of nitrogens with zero attached hydrogens (tertiary/aromatic N) is 5. The molecule has 6 nitrogen and oxygen atoms in total. The van der Waals surface area contributed by atoms with E-state index in [1.54, 1.807) is 0 Å². The van der Waals surface area contributed by atoms with Gasteiger partial charge in [-0.15, -0.1) is 0 Å². The normalized spacial score (nSPS) is 13.1. The third-order valence-corrected chi connectivity index (χ3v) is 13.9. The van der Waals surface area contributed by atoms with Crippen LogP contribution in [0.15, 0.2) is 213 Å². The lowest BCUT2D eigenvalue weighted by atomic mass is 9.66. The van der Waals surface area contributed by atoms with Crippen molar-refractivity contribution in [1.82, 2.24) is 19.1 Å². The molecule has 0 fully saturated rings. The molecule has 6 heteroatoms. The minimum Gasteiger partial charge on any atom is -0.457 e. The highest BCUT2D eigenvalue weighted by molar-refractivity contribution is 6.12. The molecule has 66 heavy (non-hydrogen) atoms. The van der Waals surface area contributed by atoms with E-state index in [1.807, 2.05) is 42.7 Å². The molecule has 0 atom stereocenters. The molecule has 5 heterocycles. The molecule has 12 aromatic rings. The summed E-state index contributed by atoms with van der Waals surface area (Å²) in [6, 6.07) is 73.2. The zero-order valence-corrected chi connectivity index (χ0v) is 35.4. The Hall–Kier alpha value is -9.05. The Labute approximate surface area is 379 Å². The molecular formula is C60H35N5O. The lowest BCUT2D eigenvalue weighted by Crippen LogP contribution is -2.32. The smallest absolute Gasteiger partial charge is 0.132 e. The molecular weight excluding hydrogens is 807 g/mol. The fraction of sp³-hybridized carbons (Fsp3) is 0.0167. The monoisotopic (exact) mass is 841 g/mol. The molecule has 4 aromatic heterocycles. The average Bonchev–Trinajstić information content (AvgIpc) is 4.00. The van der Waals surface area contributed by atoms with E-state index in [2.05, 4.69) is 185 Å². The Morgan fingerprint density at radius 3 is 1.56 bits per heavy atom. The van der Waals surface area contributed by atoms with Crippen molar-refractivity contribution in [2.75, 3.05) is 0 Å². The number of benzene rings is 8. The van der Waals surface area contributed by atoms with Crippen LogP contribution in [0.4, 0.5) is 0 Å². The summed E-state index contributed by atoms with van der Waals surface area (Å²) in [5, 5.41) is 14.5. The van der Waals surface area contributed by atoms with Crippen molar-refractivity contribution in [2.45, 2.75) is 5.41 Å². The maximum atomic E-state index is 9.95. The van der Waals surface area contributed by atoms with Crippen LogP contribution in [0.2, 0.25) is 0 Å². The number of nitriles is 1. The zero-order chi connectivity index (χ0) is 43.5. The number of para-hydroxylation sites is 3. The van der Waals surface area contributed by atoms with Crippen molar-refractivity contribution in [3.05, 3.63) is 240 Å². The first-order valence-electron chi connectivity index (χ1n) is 22.2. The third-order valence-electron chi connectivity index (χ3n) is 13.9. The maximum Gasteiger partial charge on any atom is 0.132 e. The Kier molecular flexibility index (Phi) is 7.58. The van der Waals surface area contributed by atoms with Gasteiger partial charge in [0.25, 0.3) is 0 Å². The third kappa shape index (κ3) is 4.99. The van der Waals surface area contributed by atoms with Crippen LogP contribution in [0.3, 0.4) is 0 Å². The van der Waals surface area contributed by atoms with Gasteiger partial charge in [-0.2, -0.15) is 5.26 Å². The number of ether oxygens (including phenoxy) is 1. The SMILES string of the molecule is N#Cc1ccc2c(c1)c1cc(-c3ccc4c(c3)C3(c5ccc(-c6ccc7c(c6)c6ccccc6n7-c6ccccc6)cc5O4)c4cccnc4-c4ncccc43)ccc1n2-c1ccccc1. The van der Waals surface area contributed by atoms with Gasteiger partial charge in [-0.05, 0) is 137 Å². The zero-order valence-electron chi connectivity index (χ0n) is 35.4. The molecule has 306 valence electrons. The summed E-state index contributed by atoms with van der Waals surface area (Å²) in [6.45, 7) is 0. The van der Waals surface area contributed by atoms with Gasteiger partial charge in [-0.3, -0.25) is 9.97 Å². The molecule has 1 aliphatic heterocycles. The number of rotatable bonds is 4. The Balaban J connectivity index is 0.959. The van der Waals surface area contributed by atoms with E-state index in [4.69, 9.17) is 14.7 Å². The second-order valence-corrected chi connectivity index (χ2v) is 17.2. The van der Waals surface area contributed by atoms with Crippen LogP contribution in [-0.2, 0) is 5.41 Å². The molecule has 8 aromatic carbocycles. The highest BCUT2D eigenvalue weighted by atomic mass is 16.5. The molecule has 0 bridgehead atoms. The van der Waals surface area contributed by atoms with E-state index in [9.17, 15) is 5.26 Å². The first kappa shape index (κ1) is 36.4. The first-order chi connectivity index (χ1) is 32.7. The van der Waals surface area contributed by atoms with E-state index in [-0.39, 0.29) is 0 Å². The predicted molar refractivity (Wildman–Crippen MR) is 264 cm³/mol. The Morgan fingerprint density at radius 1 is 0.394 bits per heavy atom. The van der Waals surface area contributed by atoms with Crippen LogP contribution < -0.4 is 4.74 Å². The number of aromatic nitrogens is 4. The number of hydrogen-bond donors (Lipinski definition) is 0. The summed E-state index contributed by atoms with van der Waals surface area (Å²) in [5.74, 6) is 1.59. The number of pyridine rings is 2. The van der Waals surface area contributed by atoms with Gasteiger partial charge >= 0.3 is 0 Å². The van der Waals surface area contributed by atoms with Crippen LogP contribution in [-0.4, -0.2) is 19.1 Å². The summed E-state index contributed by atoms with van der Waals surface area (Å²) in [5.41, 5.74) is 16.9. The van der Waals surface area contributed by atoms with Crippen LogP contribution in [0, 0.1) is 11.3 Å². The largest absolute Gasteiger partial charge is 0.457 e. The summed E-state index contributed by atoms with van der Waals surface area (Å²) in [4.78, 5) is 9.99. The van der Waals surface area contributed by atoms with Gasteiger partial charge < -0.3 is 13.9 Å². The summed E-state index contributed by atoms with van der Waals surface area (Å²) >= 11 is 0. The quantitative estimate of drug-likeness (QED) is 0.177. The van der Waals surface area contributed by atoms with Gasteiger partial charge in [0.2, 0.25) is 0 Å². The number of hydrogen-bond acceptors (Lipinski definition) is 4. The number of fused-ring (bicyclic) bond motifs is 15. The van der Waals surface area contributed by atoms with Gasteiger partial charge in [-0.25, -0.2) is 0 Å². The van der Waals surface area contributed by atoms with Gasteiger partial charge in [0.05, 0.1) is 50.5 Å². The second-order valence-electron chi connectivity index (χ2n) is 17.2.